The molecule has 1 N–H and O–H groups in total. The van der Waals surface area contributed by atoms with Crippen LogP contribution in [-0.4, -0.2) is 24.7 Å². The second-order valence-corrected chi connectivity index (χ2v) is 5.33. The fraction of sp³-hybridized carbons (Fsp3) is 0. The lowest BCUT2D eigenvalue weighted by Crippen LogP contribution is -1.97. The Kier molecular flexibility index (Phi) is 3.02. The number of aromatic nitrogens is 4. The third-order valence-electron chi connectivity index (χ3n) is 3.31. The monoisotopic (exact) mass is 330 g/mol. The minimum absolute atomic E-state index is 0.358. The van der Waals surface area contributed by atoms with Crippen molar-refractivity contribution in [3.05, 3.63) is 42.0 Å². The molecule has 0 fully saturated rings. The molecule has 0 bridgehead atoms. The molecule has 2 aromatic carbocycles. The van der Waals surface area contributed by atoms with E-state index in [0.29, 0.717) is 11.4 Å². The minimum atomic E-state index is -0.602. The third-order valence-corrected chi connectivity index (χ3v) is 4.01. The van der Waals surface area contributed by atoms with Gasteiger partial charge in [0.25, 0.3) is 0 Å². The Balaban J connectivity index is 1.82. The molecule has 0 saturated heterocycles. The highest BCUT2D eigenvalue weighted by Crippen LogP contribution is 2.24. The van der Waals surface area contributed by atoms with E-state index in [-0.39, 0.29) is 0 Å². The number of carbonyl (C=O) groups is 1. The first kappa shape index (κ1) is 13.2. The lowest BCUT2D eigenvalue weighted by molar-refractivity contribution is 0.0751. The number of hydrogen-bond acceptors (Lipinski definition) is 6. The second kappa shape index (κ2) is 5.04. The highest BCUT2D eigenvalue weighted by Gasteiger charge is 2.11. The Morgan fingerprint density at radius 3 is 2.77 bits per heavy atom. The molecule has 0 aliphatic rings. The van der Waals surface area contributed by atoms with Gasteiger partial charge in [-0.15, -0.1) is 0 Å². The molecule has 2 heterocycles. The zero-order chi connectivity index (χ0) is 15.1. The predicted molar refractivity (Wildman–Crippen MR) is 83.8 cm³/mol. The van der Waals surface area contributed by atoms with E-state index in [0.717, 1.165) is 27.6 Å². The maximum atomic E-state index is 11.4. The van der Waals surface area contributed by atoms with E-state index in [1.54, 1.807) is 18.2 Å². The molecule has 0 unspecified atom stereocenters. The van der Waals surface area contributed by atoms with Gasteiger partial charge in [-0.3, -0.25) is 0 Å². The first-order chi connectivity index (χ1) is 10.7. The van der Waals surface area contributed by atoms with Crippen LogP contribution >= 0.6 is 23.6 Å². The normalized spacial score (nSPS) is 11.1. The van der Waals surface area contributed by atoms with Crippen molar-refractivity contribution in [3.8, 4) is 11.4 Å². The summed E-state index contributed by atoms with van der Waals surface area (Å²) in [7, 11) is 0. The van der Waals surface area contributed by atoms with Gasteiger partial charge in [-0.1, -0.05) is 0 Å². The fourth-order valence-electron chi connectivity index (χ4n) is 2.25. The lowest BCUT2D eigenvalue weighted by Gasteiger charge is -1.95. The van der Waals surface area contributed by atoms with Crippen molar-refractivity contribution < 1.29 is 9.08 Å². The molecule has 8 heteroatoms. The van der Waals surface area contributed by atoms with E-state index in [2.05, 4.69) is 23.0 Å². The molecule has 0 aliphatic carbocycles. The molecule has 0 amide bonds. The van der Waals surface area contributed by atoms with Crippen LogP contribution in [0.5, 0.6) is 0 Å². The van der Waals surface area contributed by atoms with Crippen LogP contribution in [0.2, 0.25) is 0 Å². The summed E-state index contributed by atoms with van der Waals surface area (Å²) in [6.07, 6.45) is 0. The van der Waals surface area contributed by atoms with Crippen molar-refractivity contribution in [3.63, 3.8) is 0 Å². The summed E-state index contributed by atoms with van der Waals surface area (Å²) in [5.74, 6) is 0.0935. The average Bonchev–Trinajstić information content (AvgIpc) is 3.18. The van der Waals surface area contributed by atoms with Crippen LogP contribution in [0.25, 0.3) is 33.5 Å². The second-order valence-electron chi connectivity index (χ2n) is 4.65. The summed E-state index contributed by atoms with van der Waals surface area (Å²) in [5, 5.41) is 0. The summed E-state index contributed by atoms with van der Waals surface area (Å²) >= 11 is 6.27. The van der Waals surface area contributed by atoms with Crippen LogP contribution in [0.4, 0.5) is 0 Å². The van der Waals surface area contributed by atoms with E-state index >= 15 is 0 Å². The van der Waals surface area contributed by atoms with Crippen molar-refractivity contribution in [1.82, 2.24) is 18.7 Å². The number of rotatable bonds is 2. The molecule has 2 aromatic heterocycles. The molecule has 108 valence electrons. The van der Waals surface area contributed by atoms with E-state index < -0.39 is 5.97 Å². The summed E-state index contributed by atoms with van der Waals surface area (Å²) in [6, 6.07) is 10.8. The molecule has 0 spiro atoms. The van der Waals surface area contributed by atoms with Crippen LogP contribution in [0.1, 0.15) is 10.4 Å². The van der Waals surface area contributed by atoms with Gasteiger partial charge in [0, 0.05) is 5.56 Å². The molecular weight excluding hydrogens is 324 g/mol. The van der Waals surface area contributed by atoms with Crippen LogP contribution in [-0.2, 0) is 4.29 Å². The molecule has 6 nitrogen and oxygen atoms in total. The first-order valence-corrected chi connectivity index (χ1v) is 7.34. The number of nitrogens with zero attached hydrogens (tertiary/aromatic N) is 3. The Morgan fingerprint density at radius 2 is 1.91 bits per heavy atom. The maximum absolute atomic E-state index is 11.4. The number of H-pyrrole nitrogens is 1. The molecule has 22 heavy (non-hydrogen) atoms. The fourth-order valence-corrected chi connectivity index (χ4v) is 2.85. The van der Waals surface area contributed by atoms with Gasteiger partial charge in [-0.2, -0.15) is 8.75 Å². The third kappa shape index (κ3) is 2.11. The first-order valence-electron chi connectivity index (χ1n) is 6.30. The summed E-state index contributed by atoms with van der Waals surface area (Å²) in [4.78, 5) is 19.1. The van der Waals surface area contributed by atoms with Gasteiger partial charge in [0.05, 0.1) is 28.3 Å². The van der Waals surface area contributed by atoms with E-state index in [1.807, 2.05) is 18.2 Å². The Bertz CT molecular complexity index is 1010. The number of imidazole rings is 1. The van der Waals surface area contributed by atoms with Crippen molar-refractivity contribution in [2.75, 3.05) is 0 Å². The van der Waals surface area contributed by atoms with Crippen molar-refractivity contribution in [1.29, 1.82) is 0 Å². The number of hydrogen-bond donors (Lipinski definition) is 1. The van der Waals surface area contributed by atoms with Gasteiger partial charge < -0.3 is 9.27 Å². The largest absolute Gasteiger partial charge is 0.356 e. The standard InChI is InChI=1S/C14H7ClN4O2S/c15-21-14(20)8-2-3-9-11(6-8)17-13(16-9)7-1-4-10-12(5-7)19-22-18-10/h1-6H,(H,16,17). The summed E-state index contributed by atoms with van der Waals surface area (Å²) in [6.45, 7) is 0. The van der Waals surface area contributed by atoms with Gasteiger partial charge in [0.1, 0.15) is 28.7 Å². The SMILES string of the molecule is O=C(OCl)c1ccc2nc(-c3ccc4nsnc4c3)[nH]c2c1. The van der Waals surface area contributed by atoms with Crippen LogP contribution in [0.3, 0.4) is 0 Å². The Hall–Kier alpha value is -2.51. The number of fused-ring (bicyclic) bond motifs is 2. The zero-order valence-corrected chi connectivity index (χ0v) is 12.5. The van der Waals surface area contributed by atoms with E-state index in [4.69, 9.17) is 11.9 Å². The van der Waals surface area contributed by atoms with Gasteiger partial charge >= 0.3 is 5.97 Å². The Morgan fingerprint density at radius 1 is 1.09 bits per heavy atom. The molecule has 4 aromatic rings. The molecular formula is C14H7ClN4O2S. The predicted octanol–water partition coefficient (Wildman–Crippen LogP) is 3.55. The van der Waals surface area contributed by atoms with Gasteiger partial charge in [0.15, 0.2) is 0 Å². The highest BCUT2D eigenvalue weighted by atomic mass is 35.5. The van der Waals surface area contributed by atoms with Crippen LogP contribution in [0.15, 0.2) is 36.4 Å². The Labute approximate surface area is 133 Å². The van der Waals surface area contributed by atoms with Gasteiger partial charge in [0.2, 0.25) is 0 Å². The topological polar surface area (TPSA) is 80.8 Å². The van der Waals surface area contributed by atoms with Gasteiger partial charge in [-0.05, 0) is 36.4 Å². The summed E-state index contributed by atoms with van der Waals surface area (Å²) < 4.78 is 12.6. The van der Waals surface area contributed by atoms with Crippen molar-refractivity contribution in [2.24, 2.45) is 0 Å². The lowest BCUT2D eigenvalue weighted by atomic mass is 10.2. The molecule has 4 rings (SSSR count). The molecule has 0 radical (unpaired) electrons. The van der Waals surface area contributed by atoms with Crippen molar-refractivity contribution >= 4 is 51.6 Å². The molecule has 0 atom stereocenters. The number of carbonyl (C=O) groups excluding carboxylic acids is 1. The van der Waals surface area contributed by atoms with Crippen LogP contribution in [0, 0.1) is 0 Å². The molecule has 0 aliphatic heterocycles. The van der Waals surface area contributed by atoms with E-state index in [1.165, 1.54) is 11.7 Å². The smallest absolute Gasteiger partial charge is 0.343 e. The van der Waals surface area contributed by atoms with Gasteiger partial charge in [-0.25, -0.2) is 9.78 Å². The number of aromatic amines is 1. The highest BCUT2D eigenvalue weighted by molar-refractivity contribution is 7.00. The zero-order valence-electron chi connectivity index (χ0n) is 10.9. The van der Waals surface area contributed by atoms with Crippen molar-refractivity contribution in [2.45, 2.75) is 0 Å². The quantitative estimate of drug-likeness (QED) is 0.608. The number of benzene rings is 2. The number of halogens is 1. The molecule has 0 saturated carbocycles. The number of nitrogens with one attached hydrogen (secondary N) is 1. The summed E-state index contributed by atoms with van der Waals surface area (Å²) in [5.41, 5.74) is 4.42. The minimum Gasteiger partial charge on any atom is -0.343 e. The van der Waals surface area contributed by atoms with E-state index in [9.17, 15) is 4.79 Å². The van der Waals surface area contributed by atoms with Crippen LogP contribution < -0.4 is 0 Å². The maximum Gasteiger partial charge on any atom is 0.356 e. The average molecular weight is 331 g/mol.